The van der Waals surface area contributed by atoms with Crippen molar-refractivity contribution >= 4 is 27.3 Å². The van der Waals surface area contributed by atoms with Crippen molar-refractivity contribution < 1.29 is 5.11 Å². The Bertz CT molecular complexity index is 394. The molecule has 4 heteroatoms. The summed E-state index contributed by atoms with van der Waals surface area (Å²) < 4.78 is 1.16. The summed E-state index contributed by atoms with van der Waals surface area (Å²) in [5.74, 6) is 0.482. The third-order valence-electron chi connectivity index (χ3n) is 4.05. The van der Waals surface area contributed by atoms with Gasteiger partial charge in [-0.15, -0.1) is 11.3 Å². The summed E-state index contributed by atoms with van der Waals surface area (Å²) in [5, 5.41) is 12.9. The molecule has 2 fully saturated rings. The molecule has 3 unspecified atom stereocenters. The zero-order valence-electron chi connectivity index (χ0n) is 9.16. The molecule has 0 saturated carbocycles. The molecule has 0 spiro atoms. The Morgan fingerprint density at radius 1 is 1.56 bits per heavy atom. The quantitative estimate of drug-likeness (QED) is 0.907. The zero-order chi connectivity index (χ0) is 11.2. The number of rotatable bonds is 2. The largest absolute Gasteiger partial charge is 0.389 e. The van der Waals surface area contributed by atoms with Crippen molar-refractivity contribution in [1.82, 2.24) is 4.90 Å². The van der Waals surface area contributed by atoms with Crippen molar-refractivity contribution in [3.63, 3.8) is 0 Å². The molecular weight excluding hydrogens is 286 g/mol. The Morgan fingerprint density at radius 3 is 3.19 bits per heavy atom. The highest BCUT2D eigenvalue weighted by molar-refractivity contribution is 9.10. The smallest absolute Gasteiger partial charge is 0.0749 e. The molecule has 2 aliphatic heterocycles. The van der Waals surface area contributed by atoms with Crippen LogP contribution in [0.25, 0.3) is 0 Å². The second-order valence-electron chi connectivity index (χ2n) is 5.01. The van der Waals surface area contributed by atoms with Gasteiger partial charge in [-0.2, -0.15) is 0 Å². The lowest BCUT2D eigenvalue weighted by molar-refractivity contribution is -0.0434. The molecule has 1 N–H and O–H groups in total. The number of thiophene rings is 1. The van der Waals surface area contributed by atoms with Gasteiger partial charge in [0.15, 0.2) is 0 Å². The minimum atomic E-state index is -0.458. The molecule has 1 aromatic heterocycles. The molecular formula is C12H16BrNOS. The Hall–Kier alpha value is 0.1000. The fraction of sp³-hybridized carbons (Fsp3) is 0.667. The number of nitrogens with zero attached hydrogens (tertiary/aromatic N) is 1. The molecule has 2 bridgehead atoms. The number of piperidine rings is 1. The first kappa shape index (κ1) is 11.2. The van der Waals surface area contributed by atoms with Crippen LogP contribution in [0.15, 0.2) is 15.9 Å². The van der Waals surface area contributed by atoms with Gasteiger partial charge in [-0.05, 0) is 46.8 Å². The third-order valence-corrected chi connectivity index (χ3v) is 5.98. The lowest BCUT2D eigenvalue weighted by Gasteiger charge is -2.38. The zero-order valence-corrected chi connectivity index (χ0v) is 11.6. The maximum Gasteiger partial charge on any atom is 0.0749 e. The molecule has 3 rings (SSSR count). The first-order valence-corrected chi connectivity index (χ1v) is 7.51. The van der Waals surface area contributed by atoms with Gasteiger partial charge in [0.25, 0.3) is 0 Å². The van der Waals surface area contributed by atoms with E-state index < -0.39 is 5.60 Å². The van der Waals surface area contributed by atoms with E-state index in [1.165, 1.54) is 17.8 Å². The van der Waals surface area contributed by atoms with Crippen molar-refractivity contribution in [3.8, 4) is 0 Å². The molecule has 1 aromatic rings. The predicted octanol–water partition coefficient (Wildman–Crippen LogP) is 2.51. The van der Waals surface area contributed by atoms with Crippen LogP contribution in [0.1, 0.15) is 17.7 Å². The monoisotopic (exact) mass is 301 g/mol. The standard InChI is InChI=1S/C12H16BrNOS/c13-10-2-6-16-11(10)7-12(15)3-5-14-4-1-9(12)8-14/h2,6,9,15H,1,3-5,7-8H2. The molecule has 2 aliphatic rings. The van der Waals surface area contributed by atoms with E-state index >= 15 is 0 Å². The SMILES string of the molecule is OC1(Cc2sccc2Br)CCN2CCC1C2. The van der Waals surface area contributed by atoms with Crippen molar-refractivity contribution in [3.05, 3.63) is 20.8 Å². The van der Waals surface area contributed by atoms with Gasteiger partial charge in [0.2, 0.25) is 0 Å². The van der Waals surface area contributed by atoms with Gasteiger partial charge in [0, 0.05) is 34.8 Å². The molecule has 2 nitrogen and oxygen atoms in total. The first-order valence-electron chi connectivity index (χ1n) is 5.84. The summed E-state index contributed by atoms with van der Waals surface area (Å²) in [5.41, 5.74) is -0.458. The van der Waals surface area contributed by atoms with Crippen LogP contribution in [0, 0.1) is 5.92 Å². The van der Waals surface area contributed by atoms with Crippen molar-refractivity contribution in [2.75, 3.05) is 19.6 Å². The van der Waals surface area contributed by atoms with Gasteiger partial charge >= 0.3 is 0 Å². The summed E-state index contributed by atoms with van der Waals surface area (Å²) in [4.78, 5) is 3.77. The van der Waals surface area contributed by atoms with Crippen LogP contribution in [0.5, 0.6) is 0 Å². The first-order chi connectivity index (χ1) is 7.67. The summed E-state index contributed by atoms with van der Waals surface area (Å²) in [6.07, 6.45) is 2.92. The summed E-state index contributed by atoms with van der Waals surface area (Å²) >= 11 is 5.31. The van der Waals surface area contributed by atoms with Crippen molar-refractivity contribution in [2.45, 2.75) is 24.9 Å². The molecule has 0 amide bonds. The van der Waals surface area contributed by atoms with Crippen LogP contribution in [0.4, 0.5) is 0 Å². The van der Waals surface area contributed by atoms with Crippen LogP contribution in [0.2, 0.25) is 0 Å². The van der Waals surface area contributed by atoms with E-state index in [1.54, 1.807) is 11.3 Å². The molecule has 3 atom stereocenters. The predicted molar refractivity (Wildman–Crippen MR) is 69.8 cm³/mol. The Kier molecular flexibility index (Phi) is 2.86. The van der Waals surface area contributed by atoms with Crippen LogP contribution in [-0.2, 0) is 6.42 Å². The molecule has 0 radical (unpaired) electrons. The number of hydrogen-bond donors (Lipinski definition) is 1. The van der Waals surface area contributed by atoms with Gasteiger partial charge in [-0.25, -0.2) is 0 Å². The Morgan fingerprint density at radius 2 is 2.44 bits per heavy atom. The van der Waals surface area contributed by atoms with Gasteiger partial charge < -0.3 is 10.0 Å². The molecule has 88 valence electrons. The normalized spacial score (nSPS) is 37.9. The molecule has 2 saturated heterocycles. The van der Waals surface area contributed by atoms with Crippen LogP contribution in [-0.4, -0.2) is 35.2 Å². The van der Waals surface area contributed by atoms with E-state index in [1.807, 2.05) is 0 Å². The lowest BCUT2D eigenvalue weighted by Crippen LogP contribution is -2.47. The molecule has 0 aliphatic carbocycles. The fourth-order valence-corrected chi connectivity index (χ4v) is 4.60. The van der Waals surface area contributed by atoms with Gasteiger partial charge in [0.1, 0.15) is 0 Å². The van der Waals surface area contributed by atoms with E-state index in [-0.39, 0.29) is 0 Å². The van der Waals surface area contributed by atoms with Gasteiger partial charge in [-0.1, -0.05) is 0 Å². The third kappa shape index (κ3) is 1.86. The van der Waals surface area contributed by atoms with E-state index in [0.29, 0.717) is 5.92 Å². The second kappa shape index (κ2) is 4.09. The van der Waals surface area contributed by atoms with Gasteiger partial charge in [-0.3, -0.25) is 0 Å². The minimum Gasteiger partial charge on any atom is -0.389 e. The fourth-order valence-electron chi connectivity index (χ4n) is 2.99. The Balaban J connectivity index is 1.80. The summed E-state index contributed by atoms with van der Waals surface area (Å²) in [7, 11) is 0. The van der Waals surface area contributed by atoms with Crippen LogP contribution >= 0.6 is 27.3 Å². The van der Waals surface area contributed by atoms with Crippen LogP contribution in [0.3, 0.4) is 0 Å². The molecule has 0 aromatic carbocycles. The summed E-state index contributed by atoms with van der Waals surface area (Å²) in [6.45, 7) is 3.34. The maximum absolute atomic E-state index is 10.8. The van der Waals surface area contributed by atoms with Gasteiger partial charge in [0.05, 0.1) is 5.60 Å². The topological polar surface area (TPSA) is 23.5 Å². The maximum atomic E-state index is 10.8. The highest BCUT2D eigenvalue weighted by atomic mass is 79.9. The van der Waals surface area contributed by atoms with Crippen LogP contribution < -0.4 is 0 Å². The van der Waals surface area contributed by atoms with E-state index in [2.05, 4.69) is 32.3 Å². The molecule has 3 heterocycles. The van der Waals surface area contributed by atoms with Crippen molar-refractivity contribution in [1.29, 1.82) is 0 Å². The lowest BCUT2D eigenvalue weighted by atomic mass is 9.79. The second-order valence-corrected chi connectivity index (χ2v) is 6.86. The van der Waals surface area contributed by atoms with E-state index in [9.17, 15) is 5.11 Å². The average Bonchev–Trinajstić information content (AvgIpc) is 2.83. The van der Waals surface area contributed by atoms with Crippen molar-refractivity contribution in [2.24, 2.45) is 5.92 Å². The Labute approximate surface area is 108 Å². The summed E-state index contributed by atoms with van der Waals surface area (Å²) in [6, 6.07) is 2.08. The number of hydrogen-bond acceptors (Lipinski definition) is 3. The number of halogens is 1. The minimum absolute atomic E-state index is 0.458. The highest BCUT2D eigenvalue weighted by Crippen LogP contribution is 2.39. The average molecular weight is 302 g/mol. The number of fused-ring (bicyclic) bond motifs is 2. The molecule has 16 heavy (non-hydrogen) atoms. The highest BCUT2D eigenvalue weighted by Gasteiger charge is 2.45. The van der Waals surface area contributed by atoms with E-state index in [0.717, 1.165) is 30.4 Å². The van der Waals surface area contributed by atoms with E-state index in [4.69, 9.17) is 0 Å². The number of aliphatic hydroxyl groups is 1.